The maximum Gasteiger partial charge on any atom is 0.320 e. The van der Waals surface area contributed by atoms with Gasteiger partial charge in [-0.2, -0.15) is 0 Å². The number of nitrogens with zero attached hydrogens (tertiary/aromatic N) is 4. The fourth-order valence-electron chi connectivity index (χ4n) is 5.56. The summed E-state index contributed by atoms with van der Waals surface area (Å²) in [5.41, 5.74) is 2.11. The number of carbonyl (C=O) groups is 2. The zero-order valence-corrected chi connectivity index (χ0v) is 27.3. The molecule has 0 saturated carbocycles. The van der Waals surface area contributed by atoms with Crippen LogP contribution in [0.3, 0.4) is 0 Å². The summed E-state index contributed by atoms with van der Waals surface area (Å²) in [6, 6.07) is 18.0. The molecule has 12 nitrogen and oxygen atoms in total. The molecule has 4 aromatic rings. The topological polar surface area (TPSA) is 136 Å². The Labute approximate surface area is 269 Å². The van der Waals surface area contributed by atoms with E-state index in [1.54, 1.807) is 37.3 Å². The van der Waals surface area contributed by atoms with Gasteiger partial charge in [0.15, 0.2) is 0 Å². The zero-order chi connectivity index (χ0) is 33.1. The molecule has 0 fully saturated rings. The molecule has 0 aliphatic heterocycles. The van der Waals surface area contributed by atoms with E-state index in [1.165, 1.54) is 9.36 Å². The molecule has 0 bridgehead atoms. The maximum atomic E-state index is 12.7. The average molecular weight is 631 g/mol. The van der Waals surface area contributed by atoms with Gasteiger partial charge in [0.2, 0.25) is 0 Å². The van der Waals surface area contributed by atoms with Crippen molar-refractivity contribution in [3.05, 3.63) is 92.5 Å². The minimum Gasteiger partial charge on any atom is -0.338 e. The van der Waals surface area contributed by atoms with Crippen molar-refractivity contribution in [2.45, 2.75) is 65.2 Å². The lowest BCUT2D eigenvalue weighted by Gasteiger charge is -2.12. The largest absolute Gasteiger partial charge is 0.338 e. The third-order valence-corrected chi connectivity index (χ3v) is 8.12. The van der Waals surface area contributed by atoms with Crippen LogP contribution >= 0.6 is 0 Å². The van der Waals surface area contributed by atoms with Gasteiger partial charge in [0.25, 0.3) is 11.1 Å². The Morgan fingerprint density at radius 1 is 0.543 bits per heavy atom. The molecular weight excluding hydrogens is 584 g/mol. The highest BCUT2D eigenvalue weighted by Crippen LogP contribution is 2.16. The normalized spacial score (nSPS) is 11.0. The second kappa shape index (κ2) is 16.4. The van der Waals surface area contributed by atoms with Crippen molar-refractivity contribution in [3.8, 4) is 11.4 Å². The van der Waals surface area contributed by atoms with Gasteiger partial charge in [0, 0.05) is 27.2 Å². The van der Waals surface area contributed by atoms with E-state index in [0.717, 1.165) is 62.7 Å². The van der Waals surface area contributed by atoms with E-state index in [0.29, 0.717) is 35.9 Å². The summed E-state index contributed by atoms with van der Waals surface area (Å²) in [6.45, 7) is 4.56. The van der Waals surface area contributed by atoms with Crippen LogP contribution in [0.15, 0.2) is 70.3 Å². The Balaban J connectivity index is 1.04. The standard InChI is InChI=1S/C34H46N8O4/c1-25-29(39(3)41(31(25)43)27-19-13-11-14-20-27)37-33(45)35-23-17-9-7-5-6-8-10-18-24-36-34(46)38-30-26(2)32(44)42(40(30)4)28-21-15-12-16-22-28/h11-16,19-22H,5-10,17-18,23-24H2,1-4H3,(H2,35,37,45)(H2,36,38,46). The molecule has 4 rings (SSSR count). The van der Waals surface area contributed by atoms with Crippen LogP contribution in [-0.4, -0.2) is 43.9 Å². The molecule has 4 amide bonds. The quantitative estimate of drug-likeness (QED) is 0.132. The number of carbonyl (C=O) groups excluding carboxylic acids is 2. The van der Waals surface area contributed by atoms with Gasteiger partial charge in [0.1, 0.15) is 11.6 Å². The van der Waals surface area contributed by atoms with Gasteiger partial charge in [-0.15, -0.1) is 0 Å². The minimum atomic E-state index is -0.323. The van der Waals surface area contributed by atoms with Gasteiger partial charge in [-0.25, -0.2) is 19.0 Å². The molecular formula is C34H46N8O4. The number of rotatable bonds is 15. The summed E-state index contributed by atoms with van der Waals surface area (Å²) in [4.78, 5) is 50.4. The van der Waals surface area contributed by atoms with Crippen molar-refractivity contribution in [2.24, 2.45) is 14.1 Å². The molecule has 2 aromatic carbocycles. The molecule has 12 heteroatoms. The highest BCUT2D eigenvalue weighted by atomic mass is 16.2. The number of para-hydroxylation sites is 2. The summed E-state index contributed by atoms with van der Waals surface area (Å²) in [6.07, 6.45) is 8.26. The van der Waals surface area contributed by atoms with Crippen LogP contribution in [0.5, 0.6) is 0 Å². The van der Waals surface area contributed by atoms with Crippen LogP contribution in [-0.2, 0) is 14.1 Å². The summed E-state index contributed by atoms with van der Waals surface area (Å²) < 4.78 is 6.40. The van der Waals surface area contributed by atoms with Crippen LogP contribution in [0.1, 0.15) is 62.5 Å². The van der Waals surface area contributed by atoms with Crippen LogP contribution in [0, 0.1) is 13.8 Å². The first-order valence-corrected chi connectivity index (χ1v) is 16.0. The summed E-state index contributed by atoms with van der Waals surface area (Å²) >= 11 is 0. The van der Waals surface area contributed by atoms with Crippen LogP contribution in [0.4, 0.5) is 21.2 Å². The van der Waals surface area contributed by atoms with Crippen LogP contribution < -0.4 is 32.4 Å². The van der Waals surface area contributed by atoms with Gasteiger partial charge < -0.3 is 10.6 Å². The number of unbranched alkanes of at least 4 members (excludes halogenated alkanes) is 7. The number of benzene rings is 2. The summed E-state index contributed by atoms with van der Waals surface area (Å²) in [5, 5.41) is 11.4. The SMILES string of the molecule is Cc1c(NC(=O)NCCCCCCCCCCNC(=O)Nc2c(C)c(=O)n(-c3ccccc3)n2C)n(C)n(-c2ccccc2)c1=O. The van der Waals surface area contributed by atoms with Gasteiger partial charge in [-0.3, -0.25) is 29.6 Å². The second-order valence-corrected chi connectivity index (χ2v) is 11.5. The molecule has 4 N–H and O–H groups in total. The Kier molecular flexibility index (Phi) is 12.0. The minimum absolute atomic E-state index is 0.166. The van der Waals surface area contributed by atoms with Crippen molar-refractivity contribution in [2.75, 3.05) is 23.7 Å². The summed E-state index contributed by atoms with van der Waals surface area (Å²) in [7, 11) is 3.51. The first-order valence-electron chi connectivity index (χ1n) is 16.0. The van der Waals surface area contributed by atoms with E-state index < -0.39 is 0 Å². The smallest absolute Gasteiger partial charge is 0.320 e. The Bertz CT molecular complexity index is 1590. The summed E-state index contributed by atoms with van der Waals surface area (Å²) in [5.74, 6) is 0.950. The van der Waals surface area contributed by atoms with Crippen molar-refractivity contribution >= 4 is 23.7 Å². The molecule has 46 heavy (non-hydrogen) atoms. The van der Waals surface area contributed by atoms with Crippen LogP contribution in [0.2, 0.25) is 0 Å². The molecule has 0 saturated heterocycles. The Morgan fingerprint density at radius 3 is 1.22 bits per heavy atom. The van der Waals surface area contributed by atoms with E-state index >= 15 is 0 Å². The number of hydrogen-bond acceptors (Lipinski definition) is 4. The van der Waals surface area contributed by atoms with Gasteiger partial charge >= 0.3 is 12.1 Å². The molecule has 246 valence electrons. The van der Waals surface area contributed by atoms with Gasteiger partial charge in [-0.05, 0) is 51.0 Å². The van der Waals surface area contributed by atoms with E-state index in [4.69, 9.17) is 0 Å². The second-order valence-electron chi connectivity index (χ2n) is 11.5. The third kappa shape index (κ3) is 8.38. The van der Waals surface area contributed by atoms with E-state index in [-0.39, 0.29) is 23.2 Å². The van der Waals surface area contributed by atoms with Gasteiger partial charge in [0.05, 0.1) is 22.5 Å². The fraction of sp³-hybridized carbons (Fsp3) is 0.412. The number of amides is 4. The van der Waals surface area contributed by atoms with E-state index in [1.807, 2.05) is 60.7 Å². The van der Waals surface area contributed by atoms with E-state index in [2.05, 4.69) is 21.3 Å². The lowest BCUT2D eigenvalue weighted by Crippen LogP contribution is -2.30. The first-order chi connectivity index (χ1) is 22.2. The van der Waals surface area contributed by atoms with Crippen molar-refractivity contribution in [3.63, 3.8) is 0 Å². The highest BCUT2D eigenvalue weighted by Gasteiger charge is 2.18. The number of hydrogen-bond donors (Lipinski definition) is 4. The van der Waals surface area contributed by atoms with Crippen molar-refractivity contribution < 1.29 is 9.59 Å². The molecule has 0 unspecified atom stereocenters. The fourth-order valence-corrected chi connectivity index (χ4v) is 5.56. The third-order valence-electron chi connectivity index (χ3n) is 8.12. The maximum absolute atomic E-state index is 12.7. The number of urea groups is 2. The highest BCUT2D eigenvalue weighted by molar-refractivity contribution is 5.89. The predicted molar refractivity (Wildman–Crippen MR) is 182 cm³/mol. The molecule has 0 radical (unpaired) electrons. The molecule has 0 aliphatic rings. The lowest BCUT2D eigenvalue weighted by molar-refractivity contribution is 0.250. The van der Waals surface area contributed by atoms with Crippen LogP contribution in [0.25, 0.3) is 11.4 Å². The number of anilines is 2. The first kappa shape index (κ1) is 33.9. The lowest BCUT2D eigenvalue weighted by atomic mass is 10.1. The Hall–Kier alpha value is -5.00. The molecule has 0 spiro atoms. The zero-order valence-electron chi connectivity index (χ0n) is 27.3. The molecule has 2 aromatic heterocycles. The van der Waals surface area contributed by atoms with Crippen molar-refractivity contribution in [1.29, 1.82) is 0 Å². The number of aromatic nitrogens is 4. The van der Waals surface area contributed by atoms with E-state index in [9.17, 15) is 19.2 Å². The molecule has 2 heterocycles. The van der Waals surface area contributed by atoms with Crippen molar-refractivity contribution in [1.82, 2.24) is 29.4 Å². The average Bonchev–Trinajstić information content (AvgIpc) is 3.39. The number of nitrogens with one attached hydrogen (secondary N) is 4. The molecule has 0 aliphatic carbocycles. The predicted octanol–water partition coefficient (Wildman–Crippen LogP) is 5.35. The monoisotopic (exact) mass is 630 g/mol. The Morgan fingerprint density at radius 2 is 0.870 bits per heavy atom. The van der Waals surface area contributed by atoms with Gasteiger partial charge in [-0.1, -0.05) is 74.9 Å². The molecule has 0 atom stereocenters.